The predicted molar refractivity (Wildman–Crippen MR) is 43.8 cm³/mol. The van der Waals surface area contributed by atoms with Crippen molar-refractivity contribution in [2.45, 2.75) is 6.92 Å². The van der Waals surface area contributed by atoms with Gasteiger partial charge in [-0.15, -0.1) is 0 Å². The topological polar surface area (TPSA) is 46.5 Å². The molecule has 3 nitrogen and oxygen atoms in total. The van der Waals surface area contributed by atoms with Crippen LogP contribution in [0.1, 0.15) is 5.56 Å². The van der Waals surface area contributed by atoms with E-state index < -0.39 is 0 Å². The van der Waals surface area contributed by atoms with E-state index in [4.69, 9.17) is 16.8 Å². The van der Waals surface area contributed by atoms with Crippen molar-refractivity contribution in [3.63, 3.8) is 0 Å². The Morgan fingerprint density at radius 2 is 2.18 bits per heavy atom. The summed E-state index contributed by atoms with van der Waals surface area (Å²) in [5, 5.41) is 19.2. The second-order valence-electron chi connectivity index (χ2n) is 2.21. The van der Waals surface area contributed by atoms with Gasteiger partial charge in [-0.3, -0.25) is 5.21 Å². The highest BCUT2D eigenvalue weighted by atomic mass is 35.5. The monoisotopic (exact) mass is 172 g/mol. The van der Waals surface area contributed by atoms with Crippen LogP contribution in [-0.2, 0) is 0 Å². The molecular formula is C7H7ClNO2-. The lowest BCUT2D eigenvalue weighted by Gasteiger charge is -2.21. The Kier molecular flexibility index (Phi) is 2.34. The van der Waals surface area contributed by atoms with Gasteiger partial charge in [0.2, 0.25) is 0 Å². The number of nitrogens with zero attached hydrogens (tertiary/aromatic N) is 1. The van der Waals surface area contributed by atoms with E-state index >= 15 is 0 Å². The van der Waals surface area contributed by atoms with Crippen molar-refractivity contribution in [1.82, 2.24) is 0 Å². The molecule has 0 amide bonds. The molecule has 0 bridgehead atoms. The average Bonchev–Trinajstić information content (AvgIpc) is 1.94. The van der Waals surface area contributed by atoms with Crippen LogP contribution < -0.4 is 5.23 Å². The highest BCUT2D eigenvalue weighted by molar-refractivity contribution is 6.31. The van der Waals surface area contributed by atoms with Crippen molar-refractivity contribution in [2.75, 3.05) is 5.23 Å². The highest BCUT2D eigenvalue weighted by Crippen LogP contribution is 2.20. The molecule has 4 heteroatoms. The van der Waals surface area contributed by atoms with Gasteiger partial charge in [0.1, 0.15) is 0 Å². The molecule has 0 saturated carbocycles. The van der Waals surface area contributed by atoms with Crippen LogP contribution >= 0.6 is 11.6 Å². The first kappa shape index (κ1) is 8.33. The molecule has 60 valence electrons. The Labute approximate surface area is 69.4 Å². The molecule has 0 aliphatic rings. The molecule has 1 N–H and O–H groups in total. The van der Waals surface area contributed by atoms with Gasteiger partial charge in [-0.05, 0) is 30.7 Å². The van der Waals surface area contributed by atoms with Crippen LogP contribution in [0.2, 0.25) is 5.02 Å². The molecule has 0 heterocycles. The number of rotatable bonds is 1. The fraction of sp³-hybridized carbons (Fsp3) is 0.143. The van der Waals surface area contributed by atoms with Crippen LogP contribution in [0.4, 0.5) is 5.69 Å². The smallest absolute Gasteiger partial charge is 0.0512 e. The lowest BCUT2D eigenvalue weighted by molar-refractivity contribution is 0.296. The van der Waals surface area contributed by atoms with Crippen LogP contribution in [0.5, 0.6) is 0 Å². The summed E-state index contributed by atoms with van der Waals surface area (Å²) in [6.45, 7) is 1.76. The van der Waals surface area contributed by atoms with Gasteiger partial charge in [-0.1, -0.05) is 11.6 Å². The lowest BCUT2D eigenvalue weighted by Crippen LogP contribution is -2.06. The molecule has 0 spiro atoms. The van der Waals surface area contributed by atoms with Crippen molar-refractivity contribution in [3.8, 4) is 0 Å². The molecule has 0 atom stereocenters. The van der Waals surface area contributed by atoms with Gasteiger partial charge in [0.25, 0.3) is 0 Å². The van der Waals surface area contributed by atoms with Crippen molar-refractivity contribution < 1.29 is 5.21 Å². The minimum atomic E-state index is -0.191. The van der Waals surface area contributed by atoms with Crippen molar-refractivity contribution >= 4 is 17.3 Å². The standard InChI is InChI=1S/C7H7ClNO2/c1-5-4-6(9(10)11)2-3-7(5)8/h2-4,10H,1H3/q-1. The van der Waals surface area contributed by atoms with E-state index in [-0.39, 0.29) is 10.9 Å². The van der Waals surface area contributed by atoms with E-state index in [0.717, 1.165) is 5.56 Å². The highest BCUT2D eigenvalue weighted by Gasteiger charge is 1.96. The third-order valence-electron chi connectivity index (χ3n) is 1.36. The van der Waals surface area contributed by atoms with E-state index in [1.165, 1.54) is 12.1 Å². The molecule has 0 aliphatic carbocycles. The Bertz CT molecular complexity index is 263. The fourth-order valence-corrected chi connectivity index (χ4v) is 0.865. The van der Waals surface area contributed by atoms with E-state index in [9.17, 15) is 5.21 Å². The zero-order chi connectivity index (χ0) is 8.43. The molecule has 0 saturated heterocycles. The first-order valence-corrected chi connectivity index (χ1v) is 3.41. The lowest BCUT2D eigenvalue weighted by atomic mass is 10.2. The second kappa shape index (κ2) is 3.09. The Balaban J connectivity index is 3.05. The van der Waals surface area contributed by atoms with Crippen LogP contribution in [0, 0.1) is 12.1 Å². The summed E-state index contributed by atoms with van der Waals surface area (Å²) in [5.41, 5.74) is 0.950. The number of anilines is 1. The molecule has 0 aliphatic heterocycles. The first-order valence-electron chi connectivity index (χ1n) is 3.03. The molecule has 1 rings (SSSR count). The summed E-state index contributed by atoms with van der Waals surface area (Å²) in [6, 6.07) is 4.52. The number of hydrogen-bond donors (Lipinski definition) is 1. The van der Waals surface area contributed by atoms with Gasteiger partial charge in [0, 0.05) is 5.02 Å². The zero-order valence-corrected chi connectivity index (χ0v) is 6.67. The fourth-order valence-electron chi connectivity index (χ4n) is 0.748. The normalized spacial score (nSPS) is 9.82. The maximum absolute atomic E-state index is 10.3. The largest absolute Gasteiger partial charge is 0.733 e. The van der Waals surface area contributed by atoms with Crippen LogP contribution in [0.15, 0.2) is 18.2 Å². The third kappa shape index (κ3) is 1.83. The summed E-state index contributed by atoms with van der Waals surface area (Å²) in [5.74, 6) is 0. The summed E-state index contributed by atoms with van der Waals surface area (Å²) in [7, 11) is 0. The molecule has 0 unspecified atom stereocenters. The number of aryl methyl sites for hydroxylation is 1. The predicted octanol–water partition coefficient (Wildman–Crippen LogP) is 2.34. The van der Waals surface area contributed by atoms with Gasteiger partial charge in [0.15, 0.2) is 0 Å². The van der Waals surface area contributed by atoms with Gasteiger partial charge in [-0.25, -0.2) is 0 Å². The Morgan fingerprint density at radius 3 is 2.64 bits per heavy atom. The molecule has 1 aromatic carbocycles. The maximum Gasteiger partial charge on any atom is 0.0512 e. The molecule has 0 aromatic heterocycles. The van der Waals surface area contributed by atoms with E-state index in [1.54, 1.807) is 13.0 Å². The van der Waals surface area contributed by atoms with E-state index in [1.807, 2.05) is 0 Å². The van der Waals surface area contributed by atoms with Gasteiger partial charge >= 0.3 is 0 Å². The van der Waals surface area contributed by atoms with Crippen molar-refractivity contribution in [2.24, 2.45) is 0 Å². The molecule has 1 aromatic rings. The average molecular weight is 173 g/mol. The van der Waals surface area contributed by atoms with Crippen LogP contribution in [-0.4, -0.2) is 5.21 Å². The summed E-state index contributed by atoms with van der Waals surface area (Å²) >= 11 is 5.68. The summed E-state index contributed by atoms with van der Waals surface area (Å²) in [4.78, 5) is 0. The van der Waals surface area contributed by atoms with Crippen LogP contribution in [0.3, 0.4) is 0 Å². The van der Waals surface area contributed by atoms with Crippen molar-refractivity contribution in [3.05, 3.63) is 34.0 Å². The Hall–Kier alpha value is -0.770. The molecule has 11 heavy (non-hydrogen) atoms. The molecule has 0 radical (unpaired) electrons. The molecule has 0 fully saturated rings. The third-order valence-corrected chi connectivity index (χ3v) is 1.79. The molecular weight excluding hydrogens is 166 g/mol. The number of halogens is 1. The van der Waals surface area contributed by atoms with E-state index in [0.29, 0.717) is 5.02 Å². The van der Waals surface area contributed by atoms with Gasteiger partial charge < -0.3 is 10.4 Å². The van der Waals surface area contributed by atoms with E-state index in [2.05, 4.69) is 0 Å². The second-order valence-corrected chi connectivity index (χ2v) is 2.61. The van der Waals surface area contributed by atoms with Gasteiger partial charge in [-0.2, -0.15) is 0 Å². The quantitative estimate of drug-likeness (QED) is 0.662. The Morgan fingerprint density at radius 1 is 1.55 bits per heavy atom. The number of hydrogen-bond acceptors (Lipinski definition) is 3. The van der Waals surface area contributed by atoms with Gasteiger partial charge in [0.05, 0.1) is 5.69 Å². The first-order chi connectivity index (χ1) is 5.11. The minimum Gasteiger partial charge on any atom is -0.733 e. The van der Waals surface area contributed by atoms with Crippen LogP contribution in [0.25, 0.3) is 0 Å². The van der Waals surface area contributed by atoms with Crippen molar-refractivity contribution in [1.29, 1.82) is 0 Å². The SMILES string of the molecule is Cc1cc(N([O-])O)ccc1Cl. The number of benzene rings is 1. The maximum atomic E-state index is 10.3. The summed E-state index contributed by atoms with van der Waals surface area (Å²) < 4.78 is 0. The zero-order valence-electron chi connectivity index (χ0n) is 5.91. The minimum absolute atomic E-state index is 0.187. The summed E-state index contributed by atoms with van der Waals surface area (Å²) in [6.07, 6.45) is 0.